The van der Waals surface area contributed by atoms with Gasteiger partial charge in [0.2, 0.25) is 5.16 Å². The number of nitrogens with zero attached hydrogens (tertiary/aromatic N) is 6. The fraction of sp³-hybridized carbons (Fsp3) is 0.353. The number of halogens is 1. The van der Waals surface area contributed by atoms with Crippen LogP contribution in [-0.2, 0) is 14.4 Å². The summed E-state index contributed by atoms with van der Waals surface area (Å²) < 4.78 is 1.20. The number of anilines is 1. The second-order valence-corrected chi connectivity index (χ2v) is 10.2. The van der Waals surface area contributed by atoms with E-state index >= 15 is 0 Å². The molecule has 3 unspecified atom stereocenters. The maximum Gasteiger partial charge on any atom is 0.352 e. The Balaban J connectivity index is 1.48. The maximum atomic E-state index is 12.9. The van der Waals surface area contributed by atoms with Crippen molar-refractivity contribution in [3.8, 4) is 0 Å². The van der Waals surface area contributed by atoms with Crippen LogP contribution in [0.15, 0.2) is 27.3 Å². The highest BCUT2D eigenvalue weighted by molar-refractivity contribution is 8.01. The van der Waals surface area contributed by atoms with Crippen molar-refractivity contribution in [1.29, 1.82) is 0 Å². The van der Waals surface area contributed by atoms with E-state index in [4.69, 9.17) is 17.3 Å². The summed E-state index contributed by atoms with van der Waals surface area (Å²) in [5.41, 5.74) is 7.35. The molecular formula is C17H17ClN8O5S3. The van der Waals surface area contributed by atoms with Gasteiger partial charge in [0.15, 0.2) is 5.13 Å². The highest BCUT2D eigenvalue weighted by Gasteiger charge is 2.54. The average molecular weight is 545 g/mol. The quantitative estimate of drug-likeness (QED) is 0.203. The van der Waals surface area contributed by atoms with Crippen molar-refractivity contribution < 1.29 is 24.6 Å². The normalized spacial score (nSPS) is 21.2. The minimum atomic E-state index is -1.26. The van der Waals surface area contributed by atoms with Crippen molar-refractivity contribution in [2.24, 2.45) is 0 Å². The standard InChI is InChI=1S/C17H17ClN8O5S3/c1-6(27)26-17(22-23-24-26)34-4-7-3-32-14-10(13(29)25(14)11(7)15(30)31)21-12(28)8(2-18)9-5-33-16(19)20-9/h2,5-6,10,14,27H,3-4H2,1H3,(H2,19,20)(H,21,28)(H,30,31)/b8-2+. The Hall–Kier alpha value is -2.66. The van der Waals surface area contributed by atoms with Gasteiger partial charge in [0.05, 0.1) is 11.3 Å². The van der Waals surface area contributed by atoms with Crippen LogP contribution in [0.25, 0.3) is 5.57 Å². The lowest BCUT2D eigenvalue weighted by Gasteiger charge is -2.49. The summed E-state index contributed by atoms with van der Waals surface area (Å²) in [6, 6.07) is -0.925. The summed E-state index contributed by atoms with van der Waals surface area (Å²) in [6.07, 6.45) is -0.954. The number of nitrogen functional groups attached to an aromatic ring is 1. The summed E-state index contributed by atoms with van der Waals surface area (Å²) >= 11 is 9.40. The van der Waals surface area contributed by atoms with Crippen LogP contribution < -0.4 is 11.1 Å². The Morgan fingerprint density at radius 1 is 1.50 bits per heavy atom. The summed E-state index contributed by atoms with van der Waals surface area (Å²) in [5, 5.41) is 34.7. The third-order valence-corrected chi connectivity index (χ3v) is 8.13. The molecule has 1 fully saturated rings. The van der Waals surface area contributed by atoms with Gasteiger partial charge >= 0.3 is 5.97 Å². The van der Waals surface area contributed by atoms with Crippen molar-refractivity contribution in [2.75, 3.05) is 17.2 Å². The molecule has 0 aromatic carbocycles. The number of amides is 2. The van der Waals surface area contributed by atoms with Gasteiger partial charge in [-0.3, -0.25) is 14.5 Å². The Labute approximate surface area is 209 Å². The first kappa shape index (κ1) is 24.5. The van der Waals surface area contributed by atoms with E-state index in [0.717, 1.165) is 28.6 Å². The van der Waals surface area contributed by atoms with Crippen LogP contribution in [-0.4, -0.2) is 81.0 Å². The zero-order valence-electron chi connectivity index (χ0n) is 17.3. The number of carboxylic acid groups (broad SMARTS) is 1. The van der Waals surface area contributed by atoms with E-state index in [1.165, 1.54) is 28.3 Å². The summed E-state index contributed by atoms with van der Waals surface area (Å²) in [5.74, 6) is -1.92. The number of hydrogen-bond acceptors (Lipinski definition) is 12. The fourth-order valence-corrected chi connectivity index (χ4v) is 6.52. The number of carbonyl (C=O) groups excluding carboxylic acids is 2. The van der Waals surface area contributed by atoms with Gasteiger partial charge in [0.1, 0.15) is 23.3 Å². The lowest BCUT2D eigenvalue weighted by atomic mass is 10.0. The van der Waals surface area contributed by atoms with Crippen LogP contribution in [0.4, 0.5) is 5.13 Å². The molecule has 5 N–H and O–H groups in total. The smallest absolute Gasteiger partial charge is 0.352 e. The Bertz CT molecular complexity index is 1210. The number of hydrogen-bond donors (Lipinski definition) is 4. The largest absolute Gasteiger partial charge is 0.477 e. The van der Waals surface area contributed by atoms with Gasteiger partial charge in [-0.2, -0.15) is 4.68 Å². The highest BCUT2D eigenvalue weighted by atomic mass is 35.5. The van der Waals surface area contributed by atoms with Gasteiger partial charge < -0.3 is 21.3 Å². The Morgan fingerprint density at radius 2 is 2.26 bits per heavy atom. The van der Waals surface area contributed by atoms with E-state index in [2.05, 4.69) is 25.8 Å². The topological polar surface area (TPSA) is 189 Å². The summed E-state index contributed by atoms with van der Waals surface area (Å²) in [7, 11) is 0. The van der Waals surface area contributed by atoms with E-state index in [1.807, 2.05) is 0 Å². The lowest BCUT2D eigenvalue weighted by Crippen LogP contribution is -2.70. The number of nitrogens with two attached hydrogens (primary N) is 1. The number of carbonyl (C=O) groups is 3. The van der Waals surface area contributed by atoms with E-state index in [0.29, 0.717) is 16.5 Å². The number of tetrazole rings is 1. The minimum Gasteiger partial charge on any atom is -0.477 e. The third-order valence-electron chi connectivity index (χ3n) is 4.88. The monoisotopic (exact) mass is 544 g/mol. The average Bonchev–Trinajstić information content (AvgIpc) is 3.44. The summed E-state index contributed by atoms with van der Waals surface area (Å²) in [4.78, 5) is 42.8. The van der Waals surface area contributed by atoms with Crippen molar-refractivity contribution in [2.45, 2.75) is 29.7 Å². The molecule has 0 aliphatic carbocycles. The van der Waals surface area contributed by atoms with Gasteiger partial charge in [0.25, 0.3) is 11.8 Å². The van der Waals surface area contributed by atoms with E-state index < -0.39 is 35.4 Å². The van der Waals surface area contributed by atoms with Gasteiger partial charge in [-0.1, -0.05) is 23.4 Å². The molecule has 4 rings (SSSR count). The molecule has 17 heteroatoms. The molecule has 180 valence electrons. The molecule has 13 nitrogen and oxygen atoms in total. The van der Waals surface area contributed by atoms with E-state index in [9.17, 15) is 24.6 Å². The van der Waals surface area contributed by atoms with Crippen LogP contribution in [0.5, 0.6) is 0 Å². The maximum absolute atomic E-state index is 12.9. The fourth-order valence-electron chi connectivity index (χ4n) is 3.31. The number of β-lactam (4-membered cyclic amide) rings is 1. The number of thiazole rings is 1. The van der Waals surface area contributed by atoms with Crippen LogP contribution in [0.3, 0.4) is 0 Å². The van der Waals surface area contributed by atoms with Gasteiger partial charge in [-0.15, -0.1) is 28.2 Å². The van der Waals surface area contributed by atoms with Gasteiger partial charge in [0, 0.05) is 22.4 Å². The zero-order chi connectivity index (χ0) is 24.6. The minimum absolute atomic E-state index is 0.0450. The number of nitrogens with one attached hydrogen (secondary N) is 1. The van der Waals surface area contributed by atoms with Gasteiger partial charge in [-0.05, 0) is 22.9 Å². The van der Waals surface area contributed by atoms with Crippen molar-refractivity contribution in [3.05, 3.63) is 27.9 Å². The molecule has 2 aromatic rings. The molecule has 34 heavy (non-hydrogen) atoms. The number of carboxylic acids is 1. The molecule has 2 aliphatic rings. The third kappa shape index (κ3) is 4.50. The molecule has 2 amide bonds. The van der Waals surface area contributed by atoms with Crippen molar-refractivity contribution in [3.63, 3.8) is 0 Å². The van der Waals surface area contributed by atoms with E-state index in [1.54, 1.807) is 5.38 Å². The number of fused-ring (bicyclic) bond motifs is 1. The molecular weight excluding hydrogens is 528 g/mol. The predicted octanol–water partition coefficient (Wildman–Crippen LogP) is 0.333. The number of aliphatic hydroxyl groups excluding tert-OH is 1. The first-order valence-corrected chi connectivity index (χ1v) is 12.9. The van der Waals surface area contributed by atoms with Crippen molar-refractivity contribution in [1.82, 2.24) is 35.4 Å². The second kappa shape index (κ2) is 9.91. The number of rotatable bonds is 8. The molecule has 4 heterocycles. The molecule has 0 radical (unpaired) electrons. The zero-order valence-corrected chi connectivity index (χ0v) is 20.5. The molecule has 0 spiro atoms. The molecule has 1 saturated heterocycles. The van der Waals surface area contributed by atoms with Crippen molar-refractivity contribution >= 4 is 74.9 Å². The number of thioether (sulfide) groups is 2. The molecule has 2 aliphatic heterocycles. The highest BCUT2D eigenvalue weighted by Crippen LogP contribution is 2.41. The number of aromatic nitrogens is 5. The molecule has 0 bridgehead atoms. The number of aliphatic carboxylic acids is 1. The van der Waals surface area contributed by atoms with Crippen LogP contribution in [0, 0.1) is 0 Å². The Morgan fingerprint density at radius 3 is 2.88 bits per heavy atom. The molecule has 2 aromatic heterocycles. The molecule has 0 saturated carbocycles. The first-order chi connectivity index (χ1) is 16.2. The summed E-state index contributed by atoms with van der Waals surface area (Å²) in [6.45, 7) is 1.49. The van der Waals surface area contributed by atoms with Crippen LogP contribution in [0.2, 0.25) is 0 Å². The van der Waals surface area contributed by atoms with E-state index in [-0.39, 0.29) is 27.8 Å². The molecule has 3 atom stereocenters. The Kier molecular flexibility index (Phi) is 7.13. The number of aliphatic hydroxyl groups is 1. The lowest BCUT2D eigenvalue weighted by molar-refractivity contribution is -0.150. The van der Waals surface area contributed by atoms with Gasteiger partial charge in [-0.25, -0.2) is 9.78 Å². The SMILES string of the molecule is CC(O)n1nnnc1SCC1=C(C(=O)O)N2C(=O)C(NC(=O)/C(=C/Cl)c3csc(N)n3)C2SC1. The van der Waals surface area contributed by atoms with Crippen LogP contribution in [0.1, 0.15) is 18.8 Å². The predicted molar refractivity (Wildman–Crippen MR) is 126 cm³/mol. The first-order valence-electron chi connectivity index (χ1n) is 9.54. The second-order valence-electron chi connectivity index (χ2n) is 7.04. The van der Waals surface area contributed by atoms with Crippen LogP contribution >= 0.6 is 46.5 Å².